The molecule has 0 bridgehead atoms. The number of hydrogen-bond donors (Lipinski definition) is 0. The van der Waals surface area contributed by atoms with Crippen LogP contribution in [0.3, 0.4) is 0 Å². The Labute approximate surface area is 115 Å². The molecule has 94 valence electrons. The summed E-state index contributed by atoms with van der Waals surface area (Å²) in [5.74, 6) is 0. The molecule has 0 saturated heterocycles. The van der Waals surface area contributed by atoms with Gasteiger partial charge < -0.3 is 4.90 Å². The van der Waals surface area contributed by atoms with Crippen molar-refractivity contribution in [3.8, 4) is 0 Å². The Kier molecular flexibility index (Phi) is 3.99. The standard InChI is InChI=1S/C13H13ClN2OS/c1-9-15-12(8-18-9)6-16(2)13-4-3-11(14)5-10(13)7-17/h3-5,7-8H,6H2,1-2H3. The van der Waals surface area contributed by atoms with Crippen LogP contribution >= 0.6 is 22.9 Å². The SMILES string of the molecule is Cc1nc(CN(C)c2ccc(Cl)cc2C=O)cs1. The van der Waals surface area contributed by atoms with Gasteiger partial charge in [-0.05, 0) is 25.1 Å². The highest BCUT2D eigenvalue weighted by molar-refractivity contribution is 7.09. The molecule has 0 radical (unpaired) electrons. The summed E-state index contributed by atoms with van der Waals surface area (Å²) in [6.07, 6.45) is 0.823. The topological polar surface area (TPSA) is 33.2 Å². The molecule has 3 nitrogen and oxygen atoms in total. The number of rotatable bonds is 4. The second-order valence-electron chi connectivity index (χ2n) is 4.03. The van der Waals surface area contributed by atoms with E-state index in [1.165, 1.54) is 0 Å². The quantitative estimate of drug-likeness (QED) is 0.803. The van der Waals surface area contributed by atoms with E-state index < -0.39 is 0 Å². The van der Waals surface area contributed by atoms with Crippen LogP contribution in [0.2, 0.25) is 5.02 Å². The number of aryl methyl sites for hydroxylation is 1. The second kappa shape index (κ2) is 5.50. The Bertz CT molecular complexity index is 568. The average molecular weight is 281 g/mol. The molecule has 1 aromatic carbocycles. The van der Waals surface area contributed by atoms with Crippen molar-refractivity contribution < 1.29 is 4.79 Å². The summed E-state index contributed by atoms with van der Waals surface area (Å²) in [4.78, 5) is 17.4. The van der Waals surface area contributed by atoms with Crippen LogP contribution in [-0.2, 0) is 6.54 Å². The smallest absolute Gasteiger partial charge is 0.152 e. The first-order valence-corrected chi connectivity index (χ1v) is 6.73. The molecular weight excluding hydrogens is 268 g/mol. The number of carbonyl (C=O) groups is 1. The number of hydrogen-bond acceptors (Lipinski definition) is 4. The van der Waals surface area contributed by atoms with Crippen LogP contribution < -0.4 is 4.90 Å². The fourth-order valence-electron chi connectivity index (χ4n) is 1.78. The summed E-state index contributed by atoms with van der Waals surface area (Å²) >= 11 is 7.50. The highest BCUT2D eigenvalue weighted by atomic mass is 35.5. The number of benzene rings is 1. The molecule has 0 aliphatic rings. The third-order valence-corrected chi connectivity index (χ3v) is 3.65. The Morgan fingerprint density at radius 2 is 2.28 bits per heavy atom. The van der Waals surface area contributed by atoms with Crippen LogP contribution in [0.1, 0.15) is 21.1 Å². The molecular formula is C13H13ClN2OS. The Morgan fingerprint density at radius 3 is 2.89 bits per heavy atom. The lowest BCUT2D eigenvalue weighted by atomic mass is 10.2. The van der Waals surface area contributed by atoms with Crippen LogP contribution in [0.4, 0.5) is 5.69 Å². The van der Waals surface area contributed by atoms with Crippen LogP contribution in [0.25, 0.3) is 0 Å². The van der Waals surface area contributed by atoms with Gasteiger partial charge in [-0.15, -0.1) is 11.3 Å². The third kappa shape index (κ3) is 2.89. The van der Waals surface area contributed by atoms with Crippen LogP contribution in [0.15, 0.2) is 23.6 Å². The molecule has 0 spiro atoms. The van der Waals surface area contributed by atoms with Crippen molar-refractivity contribution in [1.82, 2.24) is 4.98 Å². The monoisotopic (exact) mass is 280 g/mol. The molecule has 2 rings (SSSR count). The Hall–Kier alpha value is -1.39. The zero-order valence-corrected chi connectivity index (χ0v) is 11.8. The molecule has 0 N–H and O–H groups in total. The fourth-order valence-corrected chi connectivity index (χ4v) is 2.56. The number of anilines is 1. The number of halogens is 1. The Balaban J connectivity index is 2.23. The second-order valence-corrected chi connectivity index (χ2v) is 5.53. The minimum atomic E-state index is 0.568. The highest BCUT2D eigenvalue weighted by Crippen LogP contribution is 2.23. The number of carbonyl (C=O) groups excluding carboxylic acids is 1. The number of aromatic nitrogens is 1. The largest absolute Gasteiger partial charge is 0.368 e. The van der Waals surface area contributed by atoms with Crippen molar-refractivity contribution in [3.05, 3.63) is 44.9 Å². The van der Waals surface area contributed by atoms with E-state index in [1.807, 2.05) is 30.3 Å². The van der Waals surface area contributed by atoms with Gasteiger partial charge in [-0.25, -0.2) is 4.98 Å². The number of thiazole rings is 1. The van der Waals surface area contributed by atoms with Gasteiger partial charge in [0.1, 0.15) is 0 Å². The fraction of sp³-hybridized carbons (Fsp3) is 0.231. The Morgan fingerprint density at radius 1 is 1.50 bits per heavy atom. The van der Waals surface area contributed by atoms with Crippen molar-refractivity contribution in [2.45, 2.75) is 13.5 Å². The van der Waals surface area contributed by atoms with Crippen molar-refractivity contribution in [3.63, 3.8) is 0 Å². The minimum Gasteiger partial charge on any atom is -0.368 e. The van der Waals surface area contributed by atoms with Crippen molar-refractivity contribution >= 4 is 34.9 Å². The molecule has 0 unspecified atom stereocenters. The van der Waals surface area contributed by atoms with Gasteiger partial charge in [-0.2, -0.15) is 0 Å². The molecule has 5 heteroatoms. The van der Waals surface area contributed by atoms with E-state index in [2.05, 4.69) is 4.98 Å². The van der Waals surface area contributed by atoms with E-state index in [0.717, 1.165) is 22.7 Å². The van der Waals surface area contributed by atoms with Gasteiger partial charge in [0, 0.05) is 28.7 Å². The summed E-state index contributed by atoms with van der Waals surface area (Å²) in [5, 5.41) is 3.64. The molecule has 0 atom stereocenters. The summed E-state index contributed by atoms with van der Waals surface area (Å²) < 4.78 is 0. The van der Waals surface area contributed by atoms with Gasteiger partial charge in [0.15, 0.2) is 6.29 Å². The summed E-state index contributed by atoms with van der Waals surface area (Å²) in [6, 6.07) is 5.31. The molecule has 1 heterocycles. The molecule has 2 aromatic rings. The van der Waals surface area contributed by atoms with Crippen LogP contribution in [0.5, 0.6) is 0 Å². The van der Waals surface area contributed by atoms with E-state index >= 15 is 0 Å². The first kappa shape index (κ1) is 13.1. The van der Waals surface area contributed by atoms with Crippen molar-refractivity contribution in [2.24, 2.45) is 0 Å². The van der Waals surface area contributed by atoms with E-state index in [1.54, 1.807) is 23.5 Å². The molecule has 0 aliphatic carbocycles. The zero-order chi connectivity index (χ0) is 13.1. The normalized spacial score (nSPS) is 10.4. The lowest BCUT2D eigenvalue weighted by Crippen LogP contribution is -2.18. The molecule has 18 heavy (non-hydrogen) atoms. The van der Waals surface area contributed by atoms with Gasteiger partial charge in [-0.1, -0.05) is 11.6 Å². The zero-order valence-electron chi connectivity index (χ0n) is 10.2. The van der Waals surface area contributed by atoms with Gasteiger partial charge in [0.25, 0.3) is 0 Å². The maximum atomic E-state index is 11.0. The predicted octanol–water partition coefficient (Wildman–Crippen LogP) is 3.55. The van der Waals surface area contributed by atoms with Gasteiger partial charge in [-0.3, -0.25) is 4.79 Å². The average Bonchev–Trinajstić information content (AvgIpc) is 2.74. The highest BCUT2D eigenvalue weighted by Gasteiger charge is 2.09. The number of aldehydes is 1. The number of nitrogens with zero attached hydrogens (tertiary/aromatic N) is 2. The lowest BCUT2D eigenvalue weighted by molar-refractivity contribution is 0.112. The van der Waals surface area contributed by atoms with Gasteiger partial charge in [0.2, 0.25) is 0 Å². The molecule has 0 fully saturated rings. The summed E-state index contributed by atoms with van der Waals surface area (Å²) in [7, 11) is 1.94. The van der Waals surface area contributed by atoms with Crippen LogP contribution in [-0.4, -0.2) is 18.3 Å². The van der Waals surface area contributed by atoms with E-state index in [-0.39, 0.29) is 0 Å². The predicted molar refractivity (Wildman–Crippen MR) is 75.8 cm³/mol. The maximum Gasteiger partial charge on any atom is 0.152 e. The minimum absolute atomic E-state index is 0.568. The van der Waals surface area contributed by atoms with Gasteiger partial charge in [0.05, 0.1) is 17.2 Å². The molecule has 0 amide bonds. The van der Waals surface area contributed by atoms with E-state index in [9.17, 15) is 4.79 Å². The molecule has 0 saturated carbocycles. The first-order chi connectivity index (χ1) is 8.60. The van der Waals surface area contributed by atoms with Crippen LogP contribution in [0, 0.1) is 6.92 Å². The van der Waals surface area contributed by atoms with Crippen molar-refractivity contribution in [1.29, 1.82) is 0 Å². The lowest BCUT2D eigenvalue weighted by Gasteiger charge is -2.20. The van der Waals surface area contributed by atoms with E-state index in [0.29, 0.717) is 17.1 Å². The maximum absolute atomic E-state index is 11.0. The van der Waals surface area contributed by atoms with Gasteiger partial charge >= 0.3 is 0 Å². The van der Waals surface area contributed by atoms with Crippen molar-refractivity contribution in [2.75, 3.05) is 11.9 Å². The molecule has 0 aliphatic heterocycles. The summed E-state index contributed by atoms with van der Waals surface area (Å²) in [6.45, 7) is 2.65. The third-order valence-electron chi connectivity index (χ3n) is 2.59. The first-order valence-electron chi connectivity index (χ1n) is 5.47. The summed E-state index contributed by atoms with van der Waals surface area (Å²) in [5.41, 5.74) is 2.46. The van der Waals surface area contributed by atoms with E-state index in [4.69, 9.17) is 11.6 Å². The molecule has 1 aromatic heterocycles.